The molecule has 1 atom stereocenters. The molecule has 0 aliphatic carbocycles. The van der Waals surface area contributed by atoms with E-state index < -0.39 is 5.82 Å². The molecule has 31 heavy (non-hydrogen) atoms. The maximum Gasteiger partial charge on any atom is 0.256 e. The highest BCUT2D eigenvalue weighted by Gasteiger charge is 2.29. The van der Waals surface area contributed by atoms with E-state index in [4.69, 9.17) is 9.47 Å². The standard InChI is InChI=1S/C21H22FN5O4/c1-30-18-7-8-23-20(16(18)13-28)31-14-4-3-11-26(12-14)21(29)15-5-2-6-17(22)19(15)27-24-9-10-25-27/h2,5-10,14,28H,3-4,11-13H2,1H3. The van der Waals surface area contributed by atoms with Crippen LogP contribution in [0.25, 0.3) is 5.69 Å². The highest BCUT2D eigenvalue weighted by Crippen LogP contribution is 2.28. The van der Waals surface area contributed by atoms with Crippen molar-refractivity contribution in [1.82, 2.24) is 24.9 Å². The van der Waals surface area contributed by atoms with Crippen LogP contribution in [-0.4, -0.2) is 62.2 Å². The lowest BCUT2D eigenvalue weighted by Crippen LogP contribution is -2.44. The van der Waals surface area contributed by atoms with Gasteiger partial charge in [-0.05, 0) is 31.0 Å². The van der Waals surface area contributed by atoms with Gasteiger partial charge in [0, 0.05) is 12.7 Å². The Labute approximate surface area is 178 Å². The number of benzene rings is 1. The number of ether oxygens (including phenoxy) is 2. The molecule has 1 amide bonds. The summed E-state index contributed by atoms with van der Waals surface area (Å²) in [5, 5.41) is 17.6. The van der Waals surface area contributed by atoms with Crippen LogP contribution in [-0.2, 0) is 6.61 Å². The maximum atomic E-state index is 14.5. The Balaban J connectivity index is 1.55. The Morgan fingerprint density at radius 1 is 1.26 bits per heavy atom. The van der Waals surface area contributed by atoms with Crippen LogP contribution in [0.5, 0.6) is 11.6 Å². The number of aromatic nitrogens is 4. The lowest BCUT2D eigenvalue weighted by molar-refractivity contribution is 0.0520. The molecule has 1 saturated heterocycles. The number of methoxy groups -OCH3 is 1. The van der Waals surface area contributed by atoms with Gasteiger partial charge in [0.05, 0.1) is 43.8 Å². The number of nitrogens with zero attached hydrogens (tertiary/aromatic N) is 5. The summed E-state index contributed by atoms with van der Waals surface area (Å²) in [5.74, 6) is -0.165. The fourth-order valence-corrected chi connectivity index (χ4v) is 3.66. The molecule has 162 valence electrons. The van der Waals surface area contributed by atoms with Gasteiger partial charge in [0.2, 0.25) is 5.88 Å². The van der Waals surface area contributed by atoms with E-state index in [-0.39, 0.29) is 35.7 Å². The molecule has 10 heteroatoms. The number of likely N-dealkylation sites (tertiary alicyclic amines) is 1. The summed E-state index contributed by atoms with van der Waals surface area (Å²) < 4.78 is 25.8. The number of aliphatic hydroxyl groups is 1. The molecule has 2 aromatic heterocycles. The van der Waals surface area contributed by atoms with E-state index in [9.17, 15) is 14.3 Å². The quantitative estimate of drug-likeness (QED) is 0.642. The number of piperidine rings is 1. The maximum absolute atomic E-state index is 14.5. The lowest BCUT2D eigenvalue weighted by Gasteiger charge is -2.33. The van der Waals surface area contributed by atoms with Crippen LogP contribution < -0.4 is 9.47 Å². The van der Waals surface area contributed by atoms with E-state index >= 15 is 0 Å². The number of aliphatic hydroxyl groups excluding tert-OH is 1. The number of rotatable bonds is 6. The molecule has 0 bridgehead atoms. The number of halogens is 1. The first-order valence-electron chi connectivity index (χ1n) is 9.86. The smallest absolute Gasteiger partial charge is 0.256 e. The van der Waals surface area contributed by atoms with Crippen molar-refractivity contribution in [3.05, 3.63) is 59.8 Å². The molecule has 1 fully saturated rings. The first-order valence-corrected chi connectivity index (χ1v) is 9.86. The molecule has 4 rings (SSSR count). The molecule has 0 radical (unpaired) electrons. The molecule has 3 aromatic rings. The third-order valence-corrected chi connectivity index (χ3v) is 5.13. The highest BCUT2D eigenvalue weighted by atomic mass is 19.1. The molecule has 1 aliphatic heterocycles. The van der Waals surface area contributed by atoms with Crippen molar-refractivity contribution in [2.24, 2.45) is 0 Å². The summed E-state index contributed by atoms with van der Waals surface area (Å²) in [7, 11) is 1.50. The normalized spacial score (nSPS) is 16.2. The Morgan fingerprint density at radius 2 is 2.06 bits per heavy atom. The molecule has 1 aromatic carbocycles. The van der Waals surface area contributed by atoms with Gasteiger partial charge in [-0.25, -0.2) is 9.37 Å². The van der Waals surface area contributed by atoms with Crippen LogP contribution >= 0.6 is 0 Å². The number of amides is 1. The minimum Gasteiger partial charge on any atom is -0.496 e. The largest absolute Gasteiger partial charge is 0.496 e. The lowest BCUT2D eigenvalue weighted by atomic mass is 10.1. The van der Waals surface area contributed by atoms with E-state index in [0.717, 1.165) is 4.80 Å². The second-order valence-corrected chi connectivity index (χ2v) is 7.04. The number of carbonyl (C=O) groups is 1. The van der Waals surface area contributed by atoms with Crippen molar-refractivity contribution >= 4 is 5.91 Å². The molecule has 0 saturated carbocycles. The number of hydrogen-bond donors (Lipinski definition) is 1. The zero-order valence-corrected chi connectivity index (χ0v) is 16.9. The molecule has 1 unspecified atom stereocenters. The van der Waals surface area contributed by atoms with Gasteiger partial charge in [0.25, 0.3) is 5.91 Å². The first kappa shape index (κ1) is 20.7. The number of pyridine rings is 1. The van der Waals surface area contributed by atoms with Crippen LogP contribution in [0.15, 0.2) is 42.9 Å². The van der Waals surface area contributed by atoms with E-state index in [2.05, 4.69) is 15.2 Å². The summed E-state index contributed by atoms with van der Waals surface area (Å²) in [6.45, 7) is 0.524. The molecule has 1 aliphatic rings. The third-order valence-electron chi connectivity index (χ3n) is 5.13. The van der Waals surface area contributed by atoms with E-state index in [1.807, 2.05) is 0 Å². The first-order chi connectivity index (χ1) is 15.1. The van der Waals surface area contributed by atoms with Gasteiger partial charge < -0.3 is 19.5 Å². The minimum atomic E-state index is -0.583. The van der Waals surface area contributed by atoms with Crippen LogP contribution in [0.3, 0.4) is 0 Å². The van der Waals surface area contributed by atoms with Crippen LogP contribution in [0.4, 0.5) is 4.39 Å². The van der Waals surface area contributed by atoms with Crippen molar-refractivity contribution in [2.75, 3.05) is 20.2 Å². The topological polar surface area (TPSA) is 103 Å². The van der Waals surface area contributed by atoms with Crippen LogP contribution in [0, 0.1) is 5.82 Å². The second-order valence-electron chi connectivity index (χ2n) is 7.04. The van der Waals surface area contributed by atoms with Gasteiger partial charge in [0.1, 0.15) is 17.5 Å². The average Bonchev–Trinajstić information content (AvgIpc) is 3.32. The summed E-state index contributed by atoms with van der Waals surface area (Å²) >= 11 is 0. The van der Waals surface area contributed by atoms with E-state index in [0.29, 0.717) is 37.2 Å². The Bertz CT molecular complexity index is 1060. The SMILES string of the molecule is COc1ccnc(OC2CCCN(C(=O)c3cccc(F)c3-n3nccn3)C2)c1CO. The van der Waals surface area contributed by atoms with Crippen LogP contribution in [0.2, 0.25) is 0 Å². The summed E-state index contributed by atoms with van der Waals surface area (Å²) in [6.07, 6.45) is 5.47. The van der Waals surface area contributed by atoms with Crippen molar-refractivity contribution in [1.29, 1.82) is 0 Å². The van der Waals surface area contributed by atoms with Gasteiger partial charge in [0.15, 0.2) is 5.82 Å². The Hall–Kier alpha value is -3.53. The molecule has 1 N–H and O–H groups in total. The Kier molecular flexibility index (Phi) is 6.08. The summed E-state index contributed by atoms with van der Waals surface area (Å²) in [4.78, 5) is 20.2. The number of carbonyl (C=O) groups excluding carboxylic acids is 1. The fraction of sp³-hybridized carbons (Fsp3) is 0.333. The van der Waals surface area contributed by atoms with Crippen molar-refractivity contribution in [3.8, 4) is 17.3 Å². The molecular weight excluding hydrogens is 405 g/mol. The number of hydrogen-bond acceptors (Lipinski definition) is 7. The minimum absolute atomic E-state index is 0.0116. The average molecular weight is 427 g/mol. The predicted molar refractivity (Wildman–Crippen MR) is 108 cm³/mol. The monoisotopic (exact) mass is 427 g/mol. The van der Waals surface area contributed by atoms with E-state index in [1.54, 1.807) is 17.0 Å². The zero-order chi connectivity index (χ0) is 21.8. The predicted octanol–water partition coefficient (Wildman–Crippen LogP) is 1.99. The fourth-order valence-electron chi connectivity index (χ4n) is 3.66. The zero-order valence-electron chi connectivity index (χ0n) is 16.9. The number of para-hydroxylation sites is 1. The van der Waals surface area contributed by atoms with Crippen molar-refractivity contribution in [3.63, 3.8) is 0 Å². The van der Waals surface area contributed by atoms with Crippen molar-refractivity contribution < 1.29 is 23.8 Å². The second kappa shape index (κ2) is 9.09. The highest BCUT2D eigenvalue weighted by molar-refractivity contribution is 5.97. The van der Waals surface area contributed by atoms with Gasteiger partial charge in [-0.1, -0.05) is 6.07 Å². The third kappa shape index (κ3) is 4.19. The molecule has 3 heterocycles. The van der Waals surface area contributed by atoms with Gasteiger partial charge in [-0.3, -0.25) is 4.79 Å². The van der Waals surface area contributed by atoms with Gasteiger partial charge in [-0.2, -0.15) is 10.2 Å². The summed E-state index contributed by atoms with van der Waals surface area (Å²) in [6, 6.07) is 5.95. The van der Waals surface area contributed by atoms with Gasteiger partial charge >= 0.3 is 0 Å². The Morgan fingerprint density at radius 3 is 2.81 bits per heavy atom. The molecule has 0 spiro atoms. The summed E-state index contributed by atoms with van der Waals surface area (Å²) in [5.41, 5.74) is 0.635. The molecule has 9 nitrogen and oxygen atoms in total. The van der Waals surface area contributed by atoms with Crippen molar-refractivity contribution in [2.45, 2.75) is 25.6 Å². The van der Waals surface area contributed by atoms with E-state index in [1.165, 1.54) is 37.8 Å². The molecular formula is C21H22FN5O4. The van der Waals surface area contributed by atoms with Gasteiger partial charge in [-0.15, -0.1) is 4.80 Å². The van der Waals surface area contributed by atoms with Crippen LogP contribution in [0.1, 0.15) is 28.8 Å².